The molecule has 1 rings (SSSR count). The van der Waals surface area contributed by atoms with E-state index in [1.54, 1.807) is 0 Å². The molecule has 0 aliphatic carbocycles. The Hall–Kier alpha value is -0.570. The highest BCUT2D eigenvalue weighted by molar-refractivity contribution is 5.76. The maximum Gasteiger partial charge on any atom is 0.312 e. The zero-order valence-corrected chi connectivity index (χ0v) is 11.9. The zero-order valence-electron chi connectivity index (χ0n) is 11.9. The molecule has 100 valence electrons. The van der Waals surface area contributed by atoms with Crippen LogP contribution in [-0.4, -0.2) is 24.7 Å². The van der Waals surface area contributed by atoms with Crippen LogP contribution in [0.3, 0.4) is 0 Å². The van der Waals surface area contributed by atoms with Crippen LogP contribution in [-0.2, 0) is 9.53 Å². The van der Waals surface area contributed by atoms with Crippen LogP contribution in [0, 0.1) is 11.3 Å². The molecule has 1 saturated heterocycles. The highest BCUT2D eigenvalue weighted by Crippen LogP contribution is 2.29. The number of hydrogen-bond acceptors (Lipinski definition) is 3. The molecule has 1 aliphatic rings. The molecule has 0 saturated carbocycles. The van der Waals surface area contributed by atoms with Crippen molar-refractivity contribution in [3.63, 3.8) is 0 Å². The van der Waals surface area contributed by atoms with E-state index >= 15 is 0 Å². The molecule has 0 radical (unpaired) electrons. The first-order valence-corrected chi connectivity index (χ1v) is 6.65. The summed E-state index contributed by atoms with van der Waals surface area (Å²) < 4.78 is 5.46. The second-order valence-corrected chi connectivity index (χ2v) is 6.78. The Morgan fingerprint density at radius 1 is 1.29 bits per heavy atom. The van der Waals surface area contributed by atoms with Crippen LogP contribution in [0.15, 0.2) is 0 Å². The summed E-state index contributed by atoms with van der Waals surface area (Å²) in [6.07, 6.45) is 3.26. The highest BCUT2D eigenvalue weighted by Gasteiger charge is 2.33. The van der Waals surface area contributed by atoms with E-state index in [1.807, 2.05) is 34.6 Å². The molecule has 0 aromatic heterocycles. The van der Waals surface area contributed by atoms with E-state index in [1.165, 1.54) is 6.42 Å². The number of ether oxygens (including phenoxy) is 1. The summed E-state index contributed by atoms with van der Waals surface area (Å²) in [5.74, 6) is 0.660. The molecule has 1 heterocycles. The molecular weight excluding hydrogens is 214 g/mol. The summed E-state index contributed by atoms with van der Waals surface area (Å²) >= 11 is 0. The summed E-state index contributed by atoms with van der Waals surface area (Å²) in [5, 5.41) is 3.36. The molecule has 0 bridgehead atoms. The standard InChI is InChI=1S/C14H27NO2/c1-13(2,3)17-12(16)14(4,5)8-6-11-7-9-15-10-11/h11,15H,6-10H2,1-5H3. The molecule has 17 heavy (non-hydrogen) atoms. The van der Waals surface area contributed by atoms with Gasteiger partial charge in [-0.2, -0.15) is 0 Å². The normalized spacial score (nSPS) is 21.6. The van der Waals surface area contributed by atoms with Crippen molar-refractivity contribution in [3.8, 4) is 0 Å². The topological polar surface area (TPSA) is 38.3 Å². The molecule has 0 aromatic carbocycles. The van der Waals surface area contributed by atoms with Crippen molar-refractivity contribution in [1.82, 2.24) is 5.32 Å². The van der Waals surface area contributed by atoms with Crippen LogP contribution < -0.4 is 5.32 Å². The van der Waals surface area contributed by atoms with Gasteiger partial charge in [0.25, 0.3) is 0 Å². The van der Waals surface area contributed by atoms with Crippen LogP contribution in [0.1, 0.15) is 53.9 Å². The molecule has 0 amide bonds. The second-order valence-electron chi connectivity index (χ2n) is 6.78. The van der Waals surface area contributed by atoms with Crippen LogP contribution >= 0.6 is 0 Å². The minimum Gasteiger partial charge on any atom is -0.460 e. The first-order chi connectivity index (χ1) is 7.71. The summed E-state index contributed by atoms with van der Waals surface area (Å²) in [6, 6.07) is 0. The van der Waals surface area contributed by atoms with Gasteiger partial charge in [0.05, 0.1) is 5.41 Å². The first kappa shape index (κ1) is 14.5. The van der Waals surface area contributed by atoms with Gasteiger partial charge < -0.3 is 10.1 Å². The van der Waals surface area contributed by atoms with Crippen molar-refractivity contribution in [2.75, 3.05) is 13.1 Å². The average molecular weight is 241 g/mol. The number of nitrogens with one attached hydrogen (secondary N) is 1. The van der Waals surface area contributed by atoms with Gasteiger partial charge in [0.15, 0.2) is 0 Å². The zero-order chi connectivity index (χ0) is 13.1. The number of rotatable bonds is 4. The fourth-order valence-electron chi connectivity index (χ4n) is 2.04. The summed E-state index contributed by atoms with van der Waals surface area (Å²) in [5.41, 5.74) is -0.751. The Bertz CT molecular complexity index is 260. The molecular formula is C14H27NO2. The lowest BCUT2D eigenvalue weighted by molar-refractivity contribution is -0.166. The van der Waals surface area contributed by atoms with E-state index in [9.17, 15) is 4.79 Å². The quantitative estimate of drug-likeness (QED) is 0.769. The molecule has 0 spiro atoms. The Morgan fingerprint density at radius 2 is 1.94 bits per heavy atom. The van der Waals surface area contributed by atoms with Crippen molar-refractivity contribution < 1.29 is 9.53 Å². The van der Waals surface area contributed by atoms with Gasteiger partial charge in [0.1, 0.15) is 5.60 Å². The van der Waals surface area contributed by atoms with Crippen molar-refractivity contribution in [2.24, 2.45) is 11.3 Å². The van der Waals surface area contributed by atoms with Gasteiger partial charge in [-0.3, -0.25) is 4.79 Å². The molecule has 1 fully saturated rings. The number of carbonyl (C=O) groups excluding carboxylic acids is 1. The SMILES string of the molecule is CC(C)(C)OC(=O)C(C)(C)CCC1CCNC1. The predicted octanol–water partition coefficient (Wildman–Crippen LogP) is 2.74. The number of esters is 1. The van der Waals surface area contributed by atoms with Gasteiger partial charge in [0, 0.05) is 0 Å². The first-order valence-electron chi connectivity index (χ1n) is 6.65. The monoisotopic (exact) mass is 241 g/mol. The summed E-state index contributed by atoms with van der Waals surface area (Å²) in [7, 11) is 0. The largest absolute Gasteiger partial charge is 0.460 e. The third-order valence-corrected chi connectivity index (χ3v) is 3.29. The highest BCUT2D eigenvalue weighted by atomic mass is 16.6. The van der Waals surface area contributed by atoms with Crippen LogP contribution in [0.2, 0.25) is 0 Å². The van der Waals surface area contributed by atoms with Crippen molar-refractivity contribution in [3.05, 3.63) is 0 Å². The molecule has 1 unspecified atom stereocenters. The van der Waals surface area contributed by atoms with E-state index in [0.29, 0.717) is 0 Å². The molecule has 1 atom stereocenters. The maximum absolute atomic E-state index is 12.0. The van der Waals surface area contributed by atoms with Crippen LogP contribution in [0.25, 0.3) is 0 Å². The van der Waals surface area contributed by atoms with Crippen LogP contribution in [0.4, 0.5) is 0 Å². The van der Waals surface area contributed by atoms with Crippen molar-refractivity contribution >= 4 is 5.97 Å². The van der Waals surface area contributed by atoms with Crippen LogP contribution in [0.5, 0.6) is 0 Å². The van der Waals surface area contributed by atoms with E-state index < -0.39 is 0 Å². The third kappa shape index (κ3) is 5.07. The summed E-state index contributed by atoms with van der Waals surface area (Å²) in [4.78, 5) is 12.0. The average Bonchev–Trinajstić information content (AvgIpc) is 2.64. The summed E-state index contributed by atoms with van der Waals surface area (Å²) in [6.45, 7) is 12.0. The lowest BCUT2D eigenvalue weighted by Crippen LogP contribution is -2.34. The van der Waals surface area contributed by atoms with Gasteiger partial charge in [-0.15, -0.1) is 0 Å². The Kier molecular flexibility index (Phi) is 4.59. The lowest BCUT2D eigenvalue weighted by Gasteiger charge is -2.29. The van der Waals surface area contributed by atoms with Gasteiger partial charge >= 0.3 is 5.97 Å². The Morgan fingerprint density at radius 3 is 2.41 bits per heavy atom. The van der Waals surface area contributed by atoms with E-state index in [4.69, 9.17) is 4.74 Å². The smallest absolute Gasteiger partial charge is 0.312 e. The van der Waals surface area contributed by atoms with Gasteiger partial charge in [-0.25, -0.2) is 0 Å². The minimum absolute atomic E-state index is 0.0732. The van der Waals surface area contributed by atoms with E-state index in [0.717, 1.165) is 31.8 Å². The fraction of sp³-hybridized carbons (Fsp3) is 0.929. The minimum atomic E-state index is -0.386. The Balaban J connectivity index is 2.40. The van der Waals surface area contributed by atoms with E-state index in [2.05, 4.69) is 5.32 Å². The fourth-order valence-corrected chi connectivity index (χ4v) is 2.04. The second kappa shape index (κ2) is 5.38. The molecule has 1 N–H and O–H groups in total. The predicted molar refractivity (Wildman–Crippen MR) is 69.8 cm³/mol. The van der Waals surface area contributed by atoms with Gasteiger partial charge in [-0.1, -0.05) is 0 Å². The number of hydrogen-bond donors (Lipinski definition) is 1. The molecule has 1 aliphatic heterocycles. The lowest BCUT2D eigenvalue weighted by atomic mass is 9.84. The number of carbonyl (C=O) groups is 1. The van der Waals surface area contributed by atoms with Gasteiger partial charge in [-0.05, 0) is 72.9 Å². The van der Waals surface area contributed by atoms with E-state index in [-0.39, 0.29) is 17.0 Å². The molecule has 0 aromatic rings. The molecule has 3 heteroatoms. The van der Waals surface area contributed by atoms with Crippen molar-refractivity contribution in [1.29, 1.82) is 0 Å². The molecule has 3 nitrogen and oxygen atoms in total. The Labute approximate surface area is 105 Å². The van der Waals surface area contributed by atoms with Gasteiger partial charge in [0.2, 0.25) is 0 Å². The van der Waals surface area contributed by atoms with Crippen molar-refractivity contribution in [2.45, 2.75) is 59.5 Å². The maximum atomic E-state index is 12.0. The third-order valence-electron chi connectivity index (χ3n) is 3.29.